The van der Waals surface area contributed by atoms with Gasteiger partial charge in [-0.2, -0.15) is 0 Å². The number of aryl methyl sites for hydroxylation is 1. The zero-order valence-electron chi connectivity index (χ0n) is 10.0. The second-order valence-electron chi connectivity index (χ2n) is 4.02. The summed E-state index contributed by atoms with van der Waals surface area (Å²) in [6.07, 6.45) is -0.300. The maximum absolute atomic E-state index is 11.9. The smallest absolute Gasteiger partial charge is 0.313 e. The number of hydrogen-bond acceptors (Lipinski definition) is 3. The molecule has 1 aromatic carbocycles. The van der Waals surface area contributed by atoms with E-state index in [9.17, 15) is 9.59 Å². The summed E-state index contributed by atoms with van der Waals surface area (Å²) < 4.78 is 4.46. The van der Waals surface area contributed by atoms with Crippen molar-refractivity contribution in [2.45, 2.75) is 13.3 Å². The third-order valence-corrected chi connectivity index (χ3v) is 3.11. The first-order chi connectivity index (χ1) is 8.52. The van der Waals surface area contributed by atoms with Crippen molar-refractivity contribution in [2.24, 2.45) is 0 Å². The minimum Gasteiger partial charge on any atom is -0.469 e. The quantitative estimate of drug-likeness (QED) is 0.527. The monoisotopic (exact) mass is 265 g/mol. The average molecular weight is 266 g/mol. The van der Waals surface area contributed by atoms with E-state index >= 15 is 0 Å². The largest absolute Gasteiger partial charge is 0.469 e. The van der Waals surface area contributed by atoms with Crippen LogP contribution < -0.4 is 0 Å². The standard InChI is InChI=1S/C13H12ClNO3/c1-7-5-9-10(15-7)4-3-8(13(9)14)11(16)6-12(17)18-2/h3-5,15H,6H2,1-2H3. The molecule has 0 fully saturated rings. The summed E-state index contributed by atoms with van der Waals surface area (Å²) in [5.41, 5.74) is 2.17. The number of hydrogen-bond donors (Lipinski definition) is 1. The molecule has 1 N–H and O–H groups in total. The number of carbonyl (C=O) groups excluding carboxylic acids is 2. The van der Waals surface area contributed by atoms with E-state index in [0.717, 1.165) is 16.6 Å². The van der Waals surface area contributed by atoms with Crippen LogP contribution >= 0.6 is 11.6 Å². The van der Waals surface area contributed by atoms with E-state index in [0.29, 0.717) is 10.6 Å². The highest BCUT2D eigenvalue weighted by atomic mass is 35.5. The van der Waals surface area contributed by atoms with Crippen LogP contribution in [0.3, 0.4) is 0 Å². The van der Waals surface area contributed by atoms with Gasteiger partial charge < -0.3 is 9.72 Å². The second-order valence-corrected chi connectivity index (χ2v) is 4.39. The highest BCUT2D eigenvalue weighted by molar-refractivity contribution is 6.39. The molecule has 1 aromatic heterocycles. The number of benzene rings is 1. The van der Waals surface area contributed by atoms with Crippen molar-refractivity contribution in [3.63, 3.8) is 0 Å². The van der Waals surface area contributed by atoms with Crippen LogP contribution in [0.25, 0.3) is 10.9 Å². The maximum Gasteiger partial charge on any atom is 0.313 e. The first-order valence-electron chi connectivity index (χ1n) is 5.40. The Labute approximate surface area is 109 Å². The topological polar surface area (TPSA) is 59.2 Å². The number of methoxy groups -OCH3 is 1. The number of fused-ring (bicyclic) bond motifs is 1. The number of Topliss-reactive ketones (excluding diaryl/α,β-unsaturated/α-hetero) is 1. The van der Waals surface area contributed by atoms with Gasteiger partial charge in [-0.05, 0) is 25.1 Å². The molecule has 0 amide bonds. The Morgan fingerprint density at radius 2 is 2.11 bits per heavy atom. The molecule has 0 aliphatic rings. The van der Waals surface area contributed by atoms with Crippen molar-refractivity contribution in [3.05, 3.63) is 34.5 Å². The Kier molecular flexibility index (Phi) is 3.39. The SMILES string of the molecule is COC(=O)CC(=O)c1ccc2[nH]c(C)cc2c1Cl. The minimum atomic E-state index is -0.568. The van der Waals surface area contributed by atoms with E-state index < -0.39 is 5.97 Å². The van der Waals surface area contributed by atoms with Crippen LogP contribution in [0.5, 0.6) is 0 Å². The molecule has 4 nitrogen and oxygen atoms in total. The lowest BCUT2D eigenvalue weighted by molar-refractivity contribution is -0.139. The molecule has 18 heavy (non-hydrogen) atoms. The number of esters is 1. The maximum atomic E-state index is 11.9. The van der Waals surface area contributed by atoms with Crippen LogP contribution in [0.1, 0.15) is 22.5 Å². The van der Waals surface area contributed by atoms with Gasteiger partial charge in [0.1, 0.15) is 6.42 Å². The number of aromatic amines is 1. The van der Waals surface area contributed by atoms with Crippen molar-refractivity contribution in [1.29, 1.82) is 0 Å². The predicted molar refractivity (Wildman–Crippen MR) is 69.0 cm³/mol. The summed E-state index contributed by atoms with van der Waals surface area (Å²) in [4.78, 5) is 26.1. The van der Waals surface area contributed by atoms with E-state index in [1.165, 1.54) is 7.11 Å². The molecule has 1 heterocycles. The van der Waals surface area contributed by atoms with Crippen molar-refractivity contribution in [3.8, 4) is 0 Å². The third-order valence-electron chi connectivity index (χ3n) is 2.71. The second kappa shape index (κ2) is 4.82. The zero-order chi connectivity index (χ0) is 13.3. The predicted octanol–water partition coefficient (Wildman–Crippen LogP) is 2.88. The first kappa shape index (κ1) is 12.6. The fourth-order valence-electron chi connectivity index (χ4n) is 1.82. The number of ether oxygens (including phenoxy) is 1. The Bertz CT molecular complexity index is 630. The fraction of sp³-hybridized carbons (Fsp3) is 0.231. The van der Waals surface area contributed by atoms with Gasteiger partial charge in [-0.1, -0.05) is 11.6 Å². The molecule has 0 spiro atoms. The molecule has 94 valence electrons. The number of nitrogens with one attached hydrogen (secondary N) is 1. The molecule has 0 radical (unpaired) electrons. The molecule has 0 saturated carbocycles. The molecular weight excluding hydrogens is 254 g/mol. The van der Waals surface area contributed by atoms with Crippen molar-refractivity contribution in [2.75, 3.05) is 7.11 Å². The summed E-state index contributed by atoms with van der Waals surface area (Å²) in [6.45, 7) is 1.91. The molecule has 0 saturated heterocycles. The number of halogens is 1. The molecule has 2 rings (SSSR count). The van der Waals surface area contributed by atoms with Crippen LogP contribution in [0, 0.1) is 6.92 Å². The van der Waals surface area contributed by atoms with Crippen molar-refractivity contribution >= 4 is 34.3 Å². The number of H-pyrrole nitrogens is 1. The highest BCUT2D eigenvalue weighted by Crippen LogP contribution is 2.28. The number of rotatable bonds is 3. The normalized spacial score (nSPS) is 10.6. The summed E-state index contributed by atoms with van der Waals surface area (Å²) in [7, 11) is 1.25. The summed E-state index contributed by atoms with van der Waals surface area (Å²) in [6, 6.07) is 5.26. The van der Waals surface area contributed by atoms with Gasteiger partial charge in [0.25, 0.3) is 0 Å². The molecule has 0 unspecified atom stereocenters. The van der Waals surface area contributed by atoms with E-state index in [1.807, 2.05) is 13.0 Å². The Hall–Kier alpha value is -1.81. The van der Waals surface area contributed by atoms with E-state index in [2.05, 4.69) is 9.72 Å². The van der Waals surface area contributed by atoms with Gasteiger partial charge in [-0.3, -0.25) is 9.59 Å². The molecule has 2 aromatic rings. The molecular formula is C13H12ClNO3. The molecule has 0 bridgehead atoms. The van der Waals surface area contributed by atoms with Crippen LogP contribution in [0.4, 0.5) is 0 Å². The lowest BCUT2D eigenvalue weighted by atomic mass is 10.1. The van der Waals surface area contributed by atoms with Gasteiger partial charge in [0.05, 0.1) is 12.1 Å². The first-order valence-corrected chi connectivity index (χ1v) is 5.78. The highest BCUT2D eigenvalue weighted by Gasteiger charge is 2.17. The lowest BCUT2D eigenvalue weighted by Gasteiger charge is -2.03. The summed E-state index contributed by atoms with van der Waals surface area (Å²) in [5, 5.41) is 1.15. The van der Waals surface area contributed by atoms with Crippen LogP contribution in [0.15, 0.2) is 18.2 Å². The van der Waals surface area contributed by atoms with Gasteiger partial charge in [-0.15, -0.1) is 0 Å². The van der Waals surface area contributed by atoms with E-state index in [4.69, 9.17) is 11.6 Å². The van der Waals surface area contributed by atoms with Gasteiger partial charge in [0.2, 0.25) is 0 Å². The minimum absolute atomic E-state index is 0.300. The van der Waals surface area contributed by atoms with Gasteiger partial charge in [-0.25, -0.2) is 0 Å². The lowest BCUT2D eigenvalue weighted by Crippen LogP contribution is -2.09. The molecule has 5 heteroatoms. The van der Waals surface area contributed by atoms with Crippen LogP contribution in [-0.2, 0) is 9.53 Å². The van der Waals surface area contributed by atoms with Gasteiger partial charge in [0.15, 0.2) is 5.78 Å². The zero-order valence-corrected chi connectivity index (χ0v) is 10.8. The van der Waals surface area contributed by atoms with Crippen LogP contribution in [-0.4, -0.2) is 23.8 Å². The molecule has 0 atom stereocenters. The van der Waals surface area contributed by atoms with Gasteiger partial charge in [0, 0.05) is 22.2 Å². The Morgan fingerprint density at radius 3 is 2.78 bits per heavy atom. The number of aromatic nitrogens is 1. The van der Waals surface area contributed by atoms with E-state index in [-0.39, 0.29) is 12.2 Å². The molecule has 0 aliphatic carbocycles. The van der Waals surface area contributed by atoms with Gasteiger partial charge >= 0.3 is 5.97 Å². The average Bonchev–Trinajstić information content (AvgIpc) is 2.70. The molecule has 0 aliphatic heterocycles. The Morgan fingerprint density at radius 1 is 1.39 bits per heavy atom. The fourth-order valence-corrected chi connectivity index (χ4v) is 2.15. The Balaban J connectivity index is 2.42. The summed E-state index contributed by atoms with van der Waals surface area (Å²) in [5.74, 6) is -0.908. The van der Waals surface area contributed by atoms with E-state index in [1.54, 1.807) is 12.1 Å². The summed E-state index contributed by atoms with van der Waals surface area (Å²) >= 11 is 6.18. The third kappa shape index (κ3) is 2.24. The number of carbonyl (C=O) groups is 2. The van der Waals surface area contributed by atoms with Crippen molar-refractivity contribution < 1.29 is 14.3 Å². The van der Waals surface area contributed by atoms with Crippen molar-refractivity contribution in [1.82, 2.24) is 4.98 Å². The van der Waals surface area contributed by atoms with Crippen LogP contribution in [0.2, 0.25) is 5.02 Å². The number of ketones is 1.